The highest BCUT2D eigenvalue weighted by atomic mass is 16.6. The minimum atomic E-state index is -0.820. The van der Waals surface area contributed by atoms with E-state index in [2.05, 4.69) is 27.7 Å². The molecule has 0 aliphatic heterocycles. The molecule has 4 aliphatic rings. The molecule has 0 aromatic heterocycles. The Morgan fingerprint density at radius 2 is 0.813 bits per heavy atom. The van der Waals surface area contributed by atoms with Crippen molar-refractivity contribution in [1.82, 2.24) is 0 Å². The molecule has 4 fully saturated rings. The number of esters is 4. The second-order valence-electron chi connectivity index (χ2n) is 25.4. The predicted molar refractivity (Wildman–Crippen MR) is 305 cm³/mol. The molecule has 4 saturated carbocycles. The Morgan fingerprint density at radius 1 is 0.427 bits per heavy atom. The second kappa shape index (κ2) is 38.2. The van der Waals surface area contributed by atoms with Crippen molar-refractivity contribution >= 4 is 29.7 Å². The molecule has 0 aromatic rings. The summed E-state index contributed by atoms with van der Waals surface area (Å²) < 4.78 is 23.1. The zero-order valence-corrected chi connectivity index (χ0v) is 49.4. The lowest BCUT2D eigenvalue weighted by Gasteiger charge is -2.61. The van der Waals surface area contributed by atoms with Gasteiger partial charge in [-0.2, -0.15) is 0 Å². The van der Waals surface area contributed by atoms with Crippen LogP contribution >= 0.6 is 0 Å². The topological polar surface area (TPSA) is 122 Å². The van der Waals surface area contributed by atoms with Gasteiger partial charge in [-0.1, -0.05) is 207 Å². The Bertz CT molecular complexity index is 1530. The van der Waals surface area contributed by atoms with Crippen LogP contribution in [0.5, 0.6) is 0 Å². The molecule has 0 spiro atoms. The quantitative estimate of drug-likeness (QED) is 0.0333. The third-order valence-corrected chi connectivity index (χ3v) is 19.5. The van der Waals surface area contributed by atoms with E-state index in [0.29, 0.717) is 48.7 Å². The molecule has 4 rings (SSSR count). The maximum absolute atomic E-state index is 13.0. The van der Waals surface area contributed by atoms with Crippen molar-refractivity contribution in [3.05, 3.63) is 0 Å². The molecule has 75 heavy (non-hydrogen) atoms. The first-order valence-corrected chi connectivity index (χ1v) is 32.6. The predicted octanol–water partition coefficient (Wildman–Crippen LogP) is 18.2. The van der Waals surface area contributed by atoms with Crippen molar-refractivity contribution in [2.75, 3.05) is 13.2 Å². The fourth-order valence-corrected chi connectivity index (χ4v) is 14.9. The standard InChI is InChI=1S/C66H116O9/c1-6-8-10-12-14-16-18-20-22-24-26-30-34-38-61(68)72-51-56(52-73-62(69)39-35-31-27-25-23-21-19-17-15-13-11-9-7-2)75-64(71)41-37-33-29-28-32-36-40-63(70)74-55-46-48-65(4)54(50-55)42-43-57-59-45-44-58(53(3)67)66(59,5)49-47-60(57)65/h54-60H,6-52H2,1-5H3/t54-,55+,57-,58+,59-,60-,65-,66+/m0/s1. The van der Waals surface area contributed by atoms with Gasteiger partial charge in [-0.3, -0.25) is 24.0 Å². The lowest BCUT2D eigenvalue weighted by atomic mass is 9.44. The number of carbonyl (C=O) groups excluding carboxylic acids is 5. The van der Waals surface area contributed by atoms with Crippen LogP contribution in [0.2, 0.25) is 0 Å². The van der Waals surface area contributed by atoms with Crippen LogP contribution in [0, 0.1) is 40.4 Å². The first kappa shape index (κ1) is 65.1. The molecule has 434 valence electrons. The number of rotatable bonds is 44. The average Bonchev–Trinajstić information content (AvgIpc) is 3.76. The van der Waals surface area contributed by atoms with E-state index in [9.17, 15) is 24.0 Å². The molecule has 0 radical (unpaired) electrons. The van der Waals surface area contributed by atoms with Crippen LogP contribution < -0.4 is 0 Å². The average molecular weight is 1050 g/mol. The highest BCUT2D eigenvalue weighted by molar-refractivity contribution is 5.79. The smallest absolute Gasteiger partial charge is 0.306 e. The fraction of sp³-hybridized carbons (Fsp3) is 0.924. The number of Topliss-reactive ketones (excluding diaryl/α,β-unsaturated/α-hetero) is 1. The summed E-state index contributed by atoms with van der Waals surface area (Å²) in [6.07, 6.45) is 48.5. The third kappa shape index (κ3) is 24.6. The van der Waals surface area contributed by atoms with Gasteiger partial charge in [0.25, 0.3) is 0 Å². The van der Waals surface area contributed by atoms with Crippen molar-refractivity contribution < 1.29 is 42.9 Å². The number of fused-ring (bicyclic) bond motifs is 5. The van der Waals surface area contributed by atoms with Gasteiger partial charge in [0.1, 0.15) is 25.1 Å². The zero-order valence-electron chi connectivity index (χ0n) is 49.4. The molecule has 0 saturated heterocycles. The molecule has 8 atom stereocenters. The van der Waals surface area contributed by atoms with Crippen LogP contribution in [0.4, 0.5) is 0 Å². The Balaban J connectivity index is 1.05. The SMILES string of the molecule is CCCCCCCCCCCCCCCC(=O)OCC(COC(=O)CCCCCCCCCCCCCCC)OC(=O)CCCCCCCCC(=O)O[C@@H]1CC[C@@]2(C)[C@@H](CC[C@@H]3[C@@H]2CC[C@]2(C)[C@@H](C(C)=O)CC[C@@H]32)C1. The van der Waals surface area contributed by atoms with Gasteiger partial charge in [0.2, 0.25) is 0 Å². The van der Waals surface area contributed by atoms with Gasteiger partial charge in [-0.15, -0.1) is 0 Å². The highest BCUT2D eigenvalue weighted by Gasteiger charge is 2.61. The summed E-state index contributed by atoms with van der Waals surface area (Å²) in [6.45, 7) is 11.1. The molecule has 9 nitrogen and oxygen atoms in total. The van der Waals surface area contributed by atoms with Crippen LogP contribution in [0.25, 0.3) is 0 Å². The van der Waals surface area contributed by atoms with Crippen LogP contribution in [0.1, 0.15) is 324 Å². The lowest BCUT2D eigenvalue weighted by molar-refractivity contribution is -0.167. The normalized spacial score (nSPS) is 25.0. The van der Waals surface area contributed by atoms with E-state index in [-0.39, 0.29) is 60.9 Å². The first-order chi connectivity index (χ1) is 36.4. The Kier molecular flexibility index (Phi) is 33.1. The van der Waals surface area contributed by atoms with E-state index in [1.807, 2.05) is 6.92 Å². The van der Waals surface area contributed by atoms with E-state index < -0.39 is 6.10 Å². The van der Waals surface area contributed by atoms with E-state index >= 15 is 0 Å². The molecule has 0 aromatic carbocycles. The van der Waals surface area contributed by atoms with Gasteiger partial charge < -0.3 is 18.9 Å². The van der Waals surface area contributed by atoms with Gasteiger partial charge in [0.05, 0.1) is 0 Å². The van der Waals surface area contributed by atoms with Crippen LogP contribution in [0.3, 0.4) is 0 Å². The first-order valence-electron chi connectivity index (χ1n) is 32.6. The van der Waals surface area contributed by atoms with Gasteiger partial charge in [0.15, 0.2) is 6.10 Å². The summed E-state index contributed by atoms with van der Waals surface area (Å²) in [4.78, 5) is 64.0. The van der Waals surface area contributed by atoms with Gasteiger partial charge in [-0.25, -0.2) is 0 Å². The molecule has 0 heterocycles. The van der Waals surface area contributed by atoms with Crippen molar-refractivity contribution in [3.63, 3.8) is 0 Å². The van der Waals surface area contributed by atoms with Crippen LogP contribution in [-0.2, 0) is 42.9 Å². The number of unbranched alkanes of at least 4 members (excludes halogenated alkanes) is 29. The van der Waals surface area contributed by atoms with Crippen LogP contribution in [-0.4, -0.2) is 55.1 Å². The molecule has 0 bridgehead atoms. The van der Waals surface area contributed by atoms with Crippen LogP contribution in [0.15, 0.2) is 0 Å². The lowest BCUT2D eigenvalue weighted by Crippen LogP contribution is -2.54. The number of ether oxygens (including phenoxy) is 4. The number of carbonyl (C=O) groups is 5. The second-order valence-corrected chi connectivity index (χ2v) is 25.4. The third-order valence-electron chi connectivity index (χ3n) is 19.5. The van der Waals surface area contributed by atoms with Crippen molar-refractivity contribution in [2.45, 2.75) is 336 Å². The molecular weight excluding hydrogens is 937 g/mol. The highest BCUT2D eigenvalue weighted by Crippen LogP contribution is 2.67. The largest absolute Gasteiger partial charge is 0.462 e. The van der Waals surface area contributed by atoms with E-state index in [1.54, 1.807) is 0 Å². The van der Waals surface area contributed by atoms with Crippen molar-refractivity contribution in [3.8, 4) is 0 Å². The van der Waals surface area contributed by atoms with Gasteiger partial charge in [0, 0.05) is 31.6 Å². The van der Waals surface area contributed by atoms with E-state index in [4.69, 9.17) is 18.9 Å². The van der Waals surface area contributed by atoms with E-state index in [0.717, 1.165) is 108 Å². The molecule has 0 N–H and O–H groups in total. The summed E-state index contributed by atoms with van der Waals surface area (Å²) in [6, 6.07) is 0. The van der Waals surface area contributed by atoms with Gasteiger partial charge >= 0.3 is 23.9 Å². The minimum absolute atomic E-state index is 0.0378. The van der Waals surface area contributed by atoms with Gasteiger partial charge in [-0.05, 0) is 125 Å². The van der Waals surface area contributed by atoms with E-state index in [1.165, 1.54) is 161 Å². The molecule has 9 heteroatoms. The molecule has 0 amide bonds. The summed E-state index contributed by atoms with van der Waals surface area (Å²) in [5.74, 6) is 2.42. The maximum atomic E-state index is 13.0. The summed E-state index contributed by atoms with van der Waals surface area (Å²) >= 11 is 0. The summed E-state index contributed by atoms with van der Waals surface area (Å²) in [5.41, 5.74) is 0.511. The summed E-state index contributed by atoms with van der Waals surface area (Å²) in [7, 11) is 0. The molecular formula is C66H116O9. The summed E-state index contributed by atoms with van der Waals surface area (Å²) in [5, 5.41) is 0. The molecule has 4 aliphatic carbocycles. The number of hydrogen-bond acceptors (Lipinski definition) is 9. The maximum Gasteiger partial charge on any atom is 0.306 e. The van der Waals surface area contributed by atoms with Crippen molar-refractivity contribution in [1.29, 1.82) is 0 Å². The fourth-order valence-electron chi connectivity index (χ4n) is 14.9. The Labute approximate surface area is 460 Å². The zero-order chi connectivity index (χ0) is 54.0. The number of ketones is 1. The Hall–Kier alpha value is -2.45. The number of hydrogen-bond donors (Lipinski definition) is 0. The minimum Gasteiger partial charge on any atom is -0.462 e. The Morgan fingerprint density at radius 3 is 1.25 bits per heavy atom. The molecule has 0 unspecified atom stereocenters. The van der Waals surface area contributed by atoms with Crippen molar-refractivity contribution in [2.24, 2.45) is 40.4 Å². The monoisotopic (exact) mass is 1050 g/mol.